The predicted octanol–water partition coefficient (Wildman–Crippen LogP) is 3.40. The van der Waals surface area contributed by atoms with E-state index in [4.69, 9.17) is 4.74 Å². The van der Waals surface area contributed by atoms with Gasteiger partial charge in [0.25, 0.3) is 0 Å². The first kappa shape index (κ1) is 17.2. The highest BCUT2D eigenvalue weighted by Crippen LogP contribution is 2.26. The van der Waals surface area contributed by atoms with Crippen molar-refractivity contribution in [1.82, 2.24) is 0 Å². The van der Waals surface area contributed by atoms with Crippen molar-refractivity contribution in [3.8, 4) is 0 Å². The van der Waals surface area contributed by atoms with E-state index in [9.17, 15) is 9.90 Å². The molecule has 0 heterocycles. The van der Waals surface area contributed by atoms with Crippen molar-refractivity contribution in [3.05, 3.63) is 35.9 Å². The van der Waals surface area contributed by atoms with Crippen LogP contribution in [-0.4, -0.2) is 27.2 Å². The molecular formula is C16H24O3S. The molecule has 0 aliphatic heterocycles. The van der Waals surface area contributed by atoms with Crippen LogP contribution in [-0.2, 0) is 16.1 Å². The average molecular weight is 296 g/mol. The number of aliphatic hydroxyl groups is 1. The summed E-state index contributed by atoms with van der Waals surface area (Å²) < 4.78 is 5.49. The second-order valence-electron chi connectivity index (χ2n) is 5.86. The van der Waals surface area contributed by atoms with Crippen LogP contribution < -0.4 is 0 Å². The van der Waals surface area contributed by atoms with Crippen LogP contribution in [0.5, 0.6) is 0 Å². The van der Waals surface area contributed by atoms with E-state index in [1.807, 2.05) is 51.1 Å². The molecule has 4 heteroatoms. The Morgan fingerprint density at radius 2 is 1.90 bits per heavy atom. The van der Waals surface area contributed by atoms with Gasteiger partial charge in [0.2, 0.25) is 0 Å². The molecule has 0 unspecified atom stereocenters. The molecule has 2 atom stereocenters. The van der Waals surface area contributed by atoms with Gasteiger partial charge in [-0.1, -0.05) is 62.9 Å². The zero-order valence-corrected chi connectivity index (χ0v) is 13.4. The molecule has 1 N–H and O–H groups in total. The van der Waals surface area contributed by atoms with E-state index in [1.54, 1.807) is 6.92 Å². The lowest BCUT2D eigenvalue weighted by molar-refractivity contribution is -0.115. The molecule has 0 aliphatic carbocycles. The van der Waals surface area contributed by atoms with Crippen molar-refractivity contribution in [2.45, 2.75) is 57.7 Å². The van der Waals surface area contributed by atoms with Crippen LogP contribution in [0.2, 0.25) is 0 Å². The predicted molar refractivity (Wildman–Crippen MR) is 83.7 cm³/mol. The van der Waals surface area contributed by atoms with E-state index in [2.05, 4.69) is 0 Å². The summed E-state index contributed by atoms with van der Waals surface area (Å²) in [4.78, 5) is 11.8. The molecular weight excluding hydrogens is 272 g/mol. The minimum Gasteiger partial charge on any atom is -0.390 e. The van der Waals surface area contributed by atoms with Gasteiger partial charge in [-0.05, 0) is 12.5 Å². The summed E-state index contributed by atoms with van der Waals surface area (Å²) in [5.41, 5.74) is 1.06. The van der Waals surface area contributed by atoms with Crippen LogP contribution in [0.1, 0.15) is 39.7 Å². The second-order valence-corrected chi connectivity index (χ2v) is 7.74. The standard InChI is InChI=1S/C16H24O3S/c1-12(19-11-13-8-6-5-7-9-13)14(17)10-15(18)20-16(2,3)4/h5-9,12,14,17H,10-11H2,1-4H3/t12-,14+/m0/s1. The molecule has 0 saturated heterocycles. The van der Waals surface area contributed by atoms with Gasteiger partial charge in [-0.15, -0.1) is 0 Å². The van der Waals surface area contributed by atoms with Gasteiger partial charge in [0, 0.05) is 11.2 Å². The number of hydrogen-bond donors (Lipinski definition) is 1. The third-order valence-electron chi connectivity index (χ3n) is 2.69. The van der Waals surface area contributed by atoms with Crippen LogP contribution in [0.25, 0.3) is 0 Å². The Morgan fingerprint density at radius 3 is 2.45 bits per heavy atom. The SMILES string of the molecule is C[C@H](OCc1ccccc1)[C@H](O)CC(=O)SC(C)(C)C. The summed E-state index contributed by atoms with van der Waals surface area (Å²) in [7, 11) is 0. The van der Waals surface area contributed by atoms with Gasteiger partial charge in [0.05, 0.1) is 18.8 Å². The first-order valence-electron chi connectivity index (χ1n) is 6.83. The number of carbonyl (C=O) groups is 1. The van der Waals surface area contributed by atoms with Gasteiger partial charge in [-0.3, -0.25) is 4.79 Å². The lowest BCUT2D eigenvalue weighted by atomic mass is 10.1. The van der Waals surface area contributed by atoms with Gasteiger partial charge < -0.3 is 9.84 Å². The molecule has 0 aromatic heterocycles. The first-order valence-corrected chi connectivity index (χ1v) is 7.65. The van der Waals surface area contributed by atoms with E-state index < -0.39 is 6.10 Å². The Bertz CT molecular complexity index is 411. The van der Waals surface area contributed by atoms with Crippen molar-refractivity contribution >= 4 is 16.9 Å². The minimum atomic E-state index is -0.763. The first-order chi connectivity index (χ1) is 9.28. The molecule has 0 aliphatic rings. The molecule has 0 amide bonds. The topological polar surface area (TPSA) is 46.5 Å². The van der Waals surface area contributed by atoms with Gasteiger partial charge in [-0.2, -0.15) is 0 Å². The summed E-state index contributed by atoms with van der Waals surface area (Å²) in [5, 5.41) is 10.0. The maximum absolute atomic E-state index is 11.8. The molecule has 112 valence electrons. The molecule has 0 saturated carbocycles. The highest BCUT2D eigenvalue weighted by atomic mass is 32.2. The number of benzene rings is 1. The largest absolute Gasteiger partial charge is 0.390 e. The van der Waals surface area contributed by atoms with Gasteiger partial charge in [-0.25, -0.2) is 0 Å². The van der Waals surface area contributed by atoms with Gasteiger partial charge in [0.15, 0.2) is 5.12 Å². The van der Waals surface area contributed by atoms with Crippen molar-refractivity contribution in [3.63, 3.8) is 0 Å². The Balaban J connectivity index is 2.35. The fourth-order valence-electron chi connectivity index (χ4n) is 1.63. The summed E-state index contributed by atoms with van der Waals surface area (Å²) in [6.07, 6.45) is -1.00. The monoisotopic (exact) mass is 296 g/mol. The molecule has 0 fully saturated rings. The summed E-state index contributed by atoms with van der Waals surface area (Å²) in [6.45, 7) is 8.19. The van der Waals surface area contributed by atoms with Crippen molar-refractivity contribution in [2.75, 3.05) is 0 Å². The van der Waals surface area contributed by atoms with Gasteiger partial charge in [0.1, 0.15) is 0 Å². The quantitative estimate of drug-likeness (QED) is 0.874. The van der Waals surface area contributed by atoms with E-state index in [1.165, 1.54) is 11.8 Å². The van der Waals surface area contributed by atoms with E-state index in [-0.39, 0.29) is 22.4 Å². The van der Waals surface area contributed by atoms with Crippen LogP contribution in [0, 0.1) is 0 Å². The molecule has 0 spiro atoms. The van der Waals surface area contributed by atoms with E-state index >= 15 is 0 Å². The number of hydrogen-bond acceptors (Lipinski definition) is 4. The normalized spacial score (nSPS) is 14.8. The lowest BCUT2D eigenvalue weighted by Gasteiger charge is -2.21. The molecule has 20 heavy (non-hydrogen) atoms. The van der Waals surface area contributed by atoms with Gasteiger partial charge >= 0.3 is 0 Å². The minimum absolute atomic E-state index is 0.000149. The molecule has 1 aromatic carbocycles. The highest BCUT2D eigenvalue weighted by Gasteiger charge is 2.23. The molecule has 1 rings (SSSR count). The highest BCUT2D eigenvalue weighted by molar-refractivity contribution is 8.14. The Labute approximate surface area is 125 Å². The molecule has 0 radical (unpaired) electrons. The maximum Gasteiger partial charge on any atom is 0.192 e. The number of ether oxygens (including phenoxy) is 1. The lowest BCUT2D eigenvalue weighted by Crippen LogP contribution is -2.28. The Morgan fingerprint density at radius 1 is 1.30 bits per heavy atom. The Hall–Kier alpha value is -0.840. The number of rotatable bonds is 6. The Kier molecular flexibility index (Phi) is 6.72. The average Bonchev–Trinajstić information content (AvgIpc) is 2.34. The summed E-state index contributed by atoms with van der Waals surface area (Å²) in [6, 6.07) is 9.79. The third kappa shape index (κ3) is 7.08. The second kappa shape index (κ2) is 7.81. The summed E-state index contributed by atoms with van der Waals surface area (Å²) in [5.74, 6) is 0. The fourth-order valence-corrected chi connectivity index (χ4v) is 2.57. The van der Waals surface area contributed by atoms with Crippen LogP contribution in [0.15, 0.2) is 30.3 Å². The van der Waals surface area contributed by atoms with Crippen molar-refractivity contribution < 1.29 is 14.6 Å². The van der Waals surface area contributed by atoms with Crippen LogP contribution in [0.3, 0.4) is 0 Å². The molecule has 3 nitrogen and oxygen atoms in total. The van der Waals surface area contributed by atoms with Crippen LogP contribution >= 0.6 is 11.8 Å². The number of thioether (sulfide) groups is 1. The fraction of sp³-hybridized carbons (Fsp3) is 0.562. The third-order valence-corrected chi connectivity index (χ3v) is 3.70. The van der Waals surface area contributed by atoms with Crippen molar-refractivity contribution in [2.24, 2.45) is 0 Å². The number of aliphatic hydroxyl groups excluding tert-OH is 1. The number of carbonyl (C=O) groups excluding carboxylic acids is 1. The zero-order chi connectivity index (χ0) is 15.2. The van der Waals surface area contributed by atoms with Crippen molar-refractivity contribution in [1.29, 1.82) is 0 Å². The summed E-state index contributed by atoms with van der Waals surface area (Å²) >= 11 is 1.26. The smallest absolute Gasteiger partial charge is 0.192 e. The zero-order valence-electron chi connectivity index (χ0n) is 12.6. The van der Waals surface area contributed by atoms with E-state index in [0.29, 0.717) is 6.61 Å². The molecule has 1 aromatic rings. The maximum atomic E-state index is 11.8. The van der Waals surface area contributed by atoms with E-state index in [0.717, 1.165) is 5.56 Å². The van der Waals surface area contributed by atoms with Crippen LogP contribution in [0.4, 0.5) is 0 Å². The molecule has 0 bridgehead atoms.